The minimum atomic E-state index is -4.80. The molecule has 0 aliphatic carbocycles. The van der Waals surface area contributed by atoms with Crippen LogP contribution in [-0.4, -0.2) is 104 Å². The van der Waals surface area contributed by atoms with E-state index in [9.17, 15) is 29.8 Å². The number of hydrogen-bond acceptors (Lipinski definition) is 21. The molecule has 24 nitrogen and oxygen atoms in total. The number of sulfonamides is 1. The van der Waals surface area contributed by atoms with E-state index in [0.717, 1.165) is 5.56 Å². The maximum atomic E-state index is 15.0. The molecule has 0 aliphatic rings. The van der Waals surface area contributed by atoms with Crippen LogP contribution in [0.1, 0.15) is 71.8 Å². The molecular formula is C41H51N7O17S. The van der Waals surface area contributed by atoms with E-state index in [2.05, 4.69) is 29.6 Å². The molecule has 1 atom stereocenters. The first-order valence-electron chi connectivity index (χ1n) is 20.5. The van der Waals surface area contributed by atoms with Crippen LogP contribution in [0.5, 0.6) is 23.1 Å². The number of methoxy groups -OCH3 is 1. The fourth-order valence-electron chi connectivity index (χ4n) is 5.68. The standard InChI is InChI=1S/C41H51N7O17S/c1-29(64-40(50)60-24-12-13-26-63-48(53)54)46(66(55,56)31-19-17-30(18-20-31)41(2,3)4)37-34(65-33-16-9-8-15-32(33)57-5)38(45-36(44-37)35-42-21-14-22-43-35)58-27-28-61-39(49)59-23-10-6-7-11-25-62-47(51)52/h8-9,14-22,29H,6-7,10-13,23-28H2,1-5H3. The van der Waals surface area contributed by atoms with Gasteiger partial charge in [0, 0.05) is 12.4 Å². The molecule has 25 heteroatoms. The minimum absolute atomic E-state index is 0.0122. The smallest absolute Gasteiger partial charge is 0.493 e. The largest absolute Gasteiger partial charge is 0.510 e. The van der Waals surface area contributed by atoms with Gasteiger partial charge in [-0.05, 0) is 80.3 Å². The van der Waals surface area contributed by atoms with Crippen molar-refractivity contribution in [2.24, 2.45) is 0 Å². The number of para-hydroxylation sites is 2. The number of ether oxygens (including phenoxy) is 7. The quantitative estimate of drug-likeness (QED) is 0.0191. The molecule has 2 heterocycles. The molecule has 0 spiro atoms. The van der Waals surface area contributed by atoms with E-state index in [1.165, 1.54) is 50.7 Å². The van der Waals surface area contributed by atoms with Crippen LogP contribution in [-0.2, 0) is 44.1 Å². The number of aromatic nitrogens is 4. The van der Waals surface area contributed by atoms with Gasteiger partial charge in [-0.2, -0.15) is 4.98 Å². The molecule has 0 fully saturated rings. The van der Waals surface area contributed by atoms with E-state index in [1.54, 1.807) is 30.3 Å². The Bertz CT molecular complexity index is 2320. The van der Waals surface area contributed by atoms with Gasteiger partial charge in [0.05, 0.1) is 38.4 Å². The highest BCUT2D eigenvalue weighted by Crippen LogP contribution is 2.44. The molecule has 1 unspecified atom stereocenters. The summed E-state index contributed by atoms with van der Waals surface area (Å²) in [6.45, 7) is 5.79. The Hall–Kier alpha value is -7.31. The van der Waals surface area contributed by atoms with Crippen molar-refractivity contribution in [3.63, 3.8) is 0 Å². The van der Waals surface area contributed by atoms with Gasteiger partial charge in [-0.1, -0.05) is 51.5 Å². The molecule has 4 rings (SSSR count). The van der Waals surface area contributed by atoms with Gasteiger partial charge in [0.25, 0.3) is 26.1 Å². The van der Waals surface area contributed by atoms with Crippen LogP contribution < -0.4 is 18.5 Å². The third kappa shape index (κ3) is 16.0. The lowest BCUT2D eigenvalue weighted by Gasteiger charge is -2.30. The van der Waals surface area contributed by atoms with Crippen molar-refractivity contribution in [1.82, 2.24) is 19.9 Å². The van der Waals surface area contributed by atoms with Gasteiger partial charge in [0.1, 0.15) is 13.2 Å². The van der Waals surface area contributed by atoms with E-state index < -0.39 is 69.4 Å². The van der Waals surface area contributed by atoms with Gasteiger partial charge >= 0.3 is 12.3 Å². The lowest BCUT2D eigenvalue weighted by Crippen LogP contribution is -2.42. The summed E-state index contributed by atoms with van der Waals surface area (Å²) in [5, 5.41) is 19.0. The van der Waals surface area contributed by atoms with E-state index in [4.69, 9.17) is 33.2 Å². The Labute approximate surface area is 379 Å². The summed E-state index contributed by atoms with van der Waals surface area (Å²) < 4.78 is 69.7. The van der Waals surface area contributed by atoms with Gasteiger partial charge < -0.3 is 42.8 Å². The lowest BCUT2D eigenvalue weighted by atomic mass is 9.87. The molecule has 0 radical (unpaired) electrons. The molecule has 0 N–H and O–H groups in total. The summed E-state index contributed by atoms with van der Waals surface area (Å²) in [5.74, 6) is -1.48. The van der Waals surface area contributed by atoms with Crippen molar-refractivity contribution < 1.29 is 71.0 Å². The van der Waals surface area contributed by atoms with Crippen LogP contribution >= 0.6 is 0 Å². The Morgan fingerprint density at radius 1 is 0.712 bits per heavy atom. The molecule has 2 aromatic carbocycles. The van der Waals surface area contributed by atoms with Gasteiger partial charge in [-0.15, -0.1) is 20.2 Å². The number of unbranched alkanes of at least 4 members (excludes halogenated alkanes) is 4. The number of nitrogens with zero attached hydrogens (tertiary/aromatic N) is 7. The molecule has 0 saturated heterocycles. The summed E-state index contributed by atoms with van der Waals surface area (Å²) in [7, 11) is -3.42. The molecule has 2 aromatic heterocycles. The maximum Gasteiger partial charge on any atom is 0.510 e. The number of rotatable bonds is 27. The molecular weight excluding hydrogens is 895 g/mol. The molecule has 66 heavy (non-hydrogen) atoms. The summed E-state index contributed by atoms with van der Waals surface area (Å²) in [6, 6.07) is 13.9. The fourth-order valence-corrected chi connectivity index (χ4v) is 7.17. The Kier molecular flexibility index (Phi) is 19.6. The number of hydrogen-bond donors (Lipinski definition) is 0. The number of benzene rings is 2. The third-order valence-electron chi connectivity index (χ3n) is 8.90. The second-order valence-corrected chi connectivity index (χ2v) is 16.6. The predicted molar refractivity (Wildman–Crippen MR) is 229 cm³/mol. The number of anilines is 1. The summed E-state index contributed by atoms with van der Waals surface area (Å²) in [6.07, 6.45) is 1.18. The van der Waals surface area contributed by atoms with E-state index in [1.807, 2.05) is 20.8 Å². The number of carbonyl (C=O) groups is 2. The van der Waals surface area contributed by atoms with Crippen molar-refractivity contribution >= 4 is 28.2 Å². The van der Waals surface area contributed by atoms with Crippen LogP contribution in [0.4, 0.5) is 15.4 Å². The van der Waals surface area contributed by atoms with Crippen LogP contribution in [0.3, 0.4) is 0 Å². The van der Waals surface area contributed by atoms with Crippen LogP contribution in [0.15, 0.2) is 71.9 Å². The molecule has 358 valence electrons. The van der Waals surface area contributed by atoms with Crippen molar-refractivity contribution in [2.75, 3.05) is 51.1 Å². The molecule has 4 aromatic rings. The predicted octanol–water partition coefficient (Wildman–Crippen LogP) is 7.02. The average Bonchev–Trinajstić information content (AvgIpc) is 3.27. The van der Waals surface area contributed by atoms with Crippen LogP contribution in [0.25, 0.3) is 11.6 Å². The van der Waals surface area contributed by atoms with Crippen molar-refractivity contribution in [2.45, 2.75) is 82.8 Å². The van der Waals surface area contributed by atoms with Gasteiger partial charge in [0.15, 0.2) is 29.4 Å². The first-order chi connectivity index (χ1) is 31.5. The Balaban J connectivity index is 1.75. The first kappa shape index (κ1) is 51.3. The molecule has 0 aliphatic heterocycles. The third-order valence-corrected chi connectivity index (χ3v) is 10.8. The Morgan fingerprint density at radius 3 is 1.88 bits per heavy atom. The van der Waals surface area contributed by atoms with Crippen LogP contribution in [0, 0.1) is 20.2 Å². The van der Waals surface area contributed by atoms with E-state index in [0.29, 0.717) is 30.0 Å². The zero-order chi connectivity index (χ0) is 48.1. The van der Waals surface area contributed by atoms with Gasteiger partial charge in [0.2, 0.25) is 11.6 Å². The van der Waals surface area contributed by atoms with Crippen molar-refractivity contribution in [3.05, 3.63) is 92.8 Å². The monoisotopic (exact) mass is 945 g/mol. The average molecular weight is 946 g/mol. The van der Waals surface area contributed by atoms with Crippen molar-refractivity contribution in [1.29, 1.82) is 0 Å². The highest BCUT2D eigenvalue weighted by molar-refractivity contribution is 7.92. The second kappa shape index (κ2) is 25.2. The van der Waals surface area contributed by atoms with Gasteiger partial charge in [-0.25, -0.2) is 37.3 Å². The normalized spacial score (nSPS) is 11.7. The molecule has 0 amide bonds. The fraction of sp³-hybridized carbons (Fsp3) is 0.463. The van der Waals surface area contributed by atoms with Gasteiger partial charge in [-0.3, -0.25) is 0 Å². The Morgan fingerprint density at radius 2 is 1.27 bits per heavy atom. The zero-order valence-corrected chi connectivity index (χ0v) is 37.7. The highest BCUT2D eigenvalue weighted by Gasteiger charge is 2.39. The summed E-state index contributed by atoms with van der Waals surface area (Å²) in [4.78, 5) is 72.2. The summed E-state index contributed by atoms with van der Waals surface area (Å²) in [5.41, 5.74) is 0.464. The maximum absolute atomic E-state index is 15.0. The lowest BCUT2D eigenvalue weighted by molar-refractivity contribution is -0.757. The molecule has 0 bridgehead atoms. The minimum Gasteiger partial charge on any atom is -0.493 e. The van der Waals surface area contributed by atoms with Crippen LogP contribution in [0.2, 0.25) is 0 Å². The SMILES string of the molecule is COc1ccccc1Oc1c(OCCOC(=O)OCCCCCCO[N+](=O)[O-])nc(-c2ncccn2)nc1N(C(C)OC(=O)OCCCCO[N+](=O)[O-])S(=O)(=O)c1ccc(C(C)(C)C)cc1. The van der Waals surface area contributed by atoms with E-state index >= 15 is 8.42 Å². The topological polar surface area (TPSA) is 292 Å². The zero-order valence-electron chi connectivity index (χ0n) is 36.9. The van der Waals surface area contributed by atoms with E-state index in [-0.39, 0.29) is 72.7 Å². The second-order valence-electron chi connectivity index (χ2n) is 14.8. The molecule has 0 saturated carbocycles. The highest BCUT2D eigenvalue weighted by atomic mass is 32.2. The summed E-state index contributed by atoms with van der Waals surface area (Å²) >= 11 is 0. The van der Waals surface area contributed by atoms with Crippen molar-refractivity contribution in [3.8, 4) is 34.8 Å². The first-order valence-corrected chi connectivity index (χ1v) is 21.9. The number of carbonyl (C=O) groups excluding carboxylic acids is 2.